The summed E-state index contributed by atoms with van der Waals surface area (Å²) in [5, 5.41) is 12.2. The fraction of sp³-hybridized carbons (Fsp3) is 0. The van der Waals surface area contributed by atoms with E-state index >= 15 is 0 Å². The Morgan fingerprint density at radius 1 is 1.00 bits per heavy atom. The van der Waals surface area contributed by atoms with Crippen molar-refractivity contribution in [1.82, 2.24) is 5.32 Å². The summed E-state index contributed by atoms with van der Waals surface area (Å²) in [4.78, 5) is 12.6. The predicted molar refractivity (Wildman–Crippen MR) is 119 cm³/mol. The highest BCUT2D eigenvalue weighted by Crippen LogP contribution is 2.31. The zero-order valence-electron chi connectivity index (χ0n) is 14.8. The van der Waals surface area contributed by atoms with Crippen LogP contribution in [0.25, 0.3) is 17.4 Å². The van der Waals surface area contributed by atoms with E-state index in [1.807, 2.05) is 30.3 Å². The molecule has 3 aromatic rings. The normalized spacial score (nSPS) is 16.8. The number of hydrogen-bond acceptors (Lipinski definition) is 5. The lowest BCUT2D eigenvalue weighted by atomic mass is 10.2. The Bertz CT molecular complexity index is 1130. The van der Waals surface area contributed by atoms with Crippen LogP contribution in [0.1, 0.15) is 11.3 Å². The van der Waals surface area contributed by atoms with Gasteiger partial charge in [-0.2, -0.15) is 5.10 Å². The van der Waals surface area contributed by atoms with Gasteiger partial charge in [-0.1, -0.05) is 53.5 Å². The third-order valence-electron chi connectivity index (χ3n) is 3.85. The number of rotatable bonds is 4. The van der Waals surface area contributed by atoms with Crippen molar-refractivity contribution in [3.63, 3.8) is 0 Å². The van der Waals surface area contributed by atoms with Crippen molar-refractivity contribution in [2.75, 3.05) is 0 Å². The molecule has 0 atom stereocenters. The van der Waals surface area contributed by atoms with E-state index in [4.69, 9.17) is 27.6 Å². The van der Waals surface area contributed by atoms with Gasteiger partial charge in [0.25, 0.3) is 5.91 Å². The molecule has 0 unspecified atom stereocenters. The Labute approximate surface area is 181 Å². The molecule has 2 heterocycles. The molecule has 1 amide bonds. The molecular weight excluding hydrogens is 429 g/mol. The maximum atomic E-state index is 12.2. The molecule has 8 heteroatoms. The van der Waals surface area contributed by atoms with Crippen LogP contribution in [0.3, 0.4) is 0 Å². The van der Waals surface area contributed by atoms with E-state index in [2.05, 4.69) is 15.5 Å². The second kappa shape index (κ2) is 8.69. The van der Waals surface area contributed by atoms with Crippen LogP contribution >= 0.6 is 35.0 Å². The van der Waals surface area contributed by atoms with Crippen molar-refractivity contribution < 1.29 is 9.21 Å². The first-order valence-electron chi connectivity index (χ1n) is 8.50. The van der Waals surface area contributed by atoms with Crippen molar-refractivity contribution in [1.29, 1.82) is 0 Å². The van der Waals surface area contributed by atoms with E-state index in [0.29, 0.717) is 31.6 Å². The van der Waals surface area contributed by atoms with Gasteiger partial charge in [-0.3, -0.25) is 10.1 Å². The lowest BCUT2D eigenvalue weighted by Gasteiger charge is -1.99. The number of carbonyl (C=O) groups is 1. The maximum absolute atomic E-state index is 12.2. The van der Waals surface area contributed by atoms with Gasteiger partial charge in [-0.15, -0.1) is 5.10 Å². The number of nitrogens with one attached hydrogen (secondary N) is 1. The zero-order chi connectivity index (χ0) is 20.2. The van der Waals surface area contributed by atoms with Gasteiger partial charge >= 0.3 is 0 Å². The van der Waals surface area contributed by atoms with Gasteiger partial charge in [0.2, 0.25) is 0 Å². The quantitative estimate of drug-likeness (QED) is 0.313. The number of amidine groups is 1. The van der Waals surface area contributed by atoms with E-state index < -0.39 is 0 Å². The van der Waals surface area contributed by atoms with Gasteiger partial charge in [-0.25, -0.2) is 0 Å². The molecule has 1 aliphatic rings. The molecule has 5 nitrogen and oxygen atoms in total. The lowest BCUT2D eigenvalue weighted by molar-refractivity contribution is -0.115. The first kappa shape index (κ1) is 19.5. The third-order valence-corrected chi connectivity index (χ3v) is 5.19. The highest BCUT2D eigenvalue weighted by Gasteiger charge is 2.24. The topological polar surface area (TPSA) is 67.0 Å². The first-order valence-corrected chi connectivity index (χ1v) is 10.1. The molecule has 0 bridgehead atoms. The number of carbonyl (C=O) groups excluding carboxylic acids is 1. The van der Waals surface area contributed by atoms with Crippen LogP contribution in [-0.2, 0) is 4.79 Å². The van der Waals surface area contributed by atoms with Crippen LogP contribution in [0, 0.1) is 0 Å². The summed E-state index contributed by atoms with van der Waals surface area (Å²) in [5.41, 5.74) is 1.68. The number of furan rings is 1. The molecule has 1 aromatic heterocycles. The van der Waals surface area contributed by atoms with Crippen molar-refractivity contribution >= 4 is 58.3 Å². The summed E-state index contributed by atoms with van der Waals surface area (Å²) in [5.74, 6) is 0.876. The second-order valence-electron chi connectivity index (χ2n) is 5.99. The smallest absolute Gasteiger partial charge is 0.264 e. The van der Waals surface area contributed by atoms with Crippen LogP contribution in [0.5, 0.6) is 0 Å². The Balaban J connectivity index is 1.49. The van der Waals surface area contributed by atoms with Crippen LogP contribution in [0.4, 0.5) is 0 Å². The minimum Gasteiger partial charge on any atom is -0.457 e. The molecule has 1 fully saturated rings. The van der Waals surface area contributed by atoms with E-state index in [-0.39, 0.29) is 5.91 Å². The molecule has 144 valence electrons. The predicted octanol–water partition coefficient (Wildman–Crippen LogP) is 5.85. The number of amides is 1. The highest BCUT2D eigenvalue weighted by atomic mass is 35.5. The van der Waals surface area contributed by atoms with Crippen molar-refractivity contribution in [3.8, 4) is 11.3 Å². The molecule has 1 saturated heterocycles. The second-order valence-corrected chi connectivity index (χ2v) is 7.89. The summed E-state index contributed by atoms with van der Waals surface area (Å²) in [6, 6.07) is 18.3. The minimum absolute atomic E-state index is 0.257. The largest absolute Gasteiger partial charge is 0.457 e. The van der Waals surface area contributed by atoms with Crippen molar-refractivity contribution in [3.05, 3.63) is 86.9 Å². The van der Waals surface area contributed by atoms with Gasteiger partial charge in [-0.05, 0) is 47.7 Å². The van der Waals surface area contributed by atoms with Crippen molar-refractivity contribution in [2.45, 2.75) is 0 Å². The lowest BCUT2D eigenvalue weighted by Crippen LogP contribution is -2.19. The van der Waals surface area contributed by atoms with Gasteiger partial charge in [0.15, 0.2) is 5.17 Å². The van der Waals surface area contributed by atoms with E-state index in [0.717, 1.165) is 11.1 Å². The molecular formula is C21H13Cl2N3O2S. The summed E-state index contributed by atoms with van der Waals surface area (Å²) < 4.78 is 5.81. The van der Waals surface area contributed by atoms with Gasteiger partial charge < -0.3 is 4.42 Å². The summed E-state index contributed by atoms with van der Waals surface area (Å²) >= 11 is 13.3. The molecule has 0 spiro atoms. The number of halogens is 2. The molecule has 0 radical (unpaired) electrons. The van der Waals surface area contributed by atoms with E-state index in [9.17, 15) is 4.79 Å². The Morgan fingerprint density at radius 2 is 1.76 bits per heavy atom. The van der Waals surface area contributed by atoms with Crippen LogP contribution in [0.2, 0.25) is 10.0 Å². The fourth-order valence-corrected chi connectivity index (χ4v) is 3.86. The average Bonchev–Trinajstić information content (AvgIpc) is 3.29. The average molecular weight is 442 g/mol. The number of thioether (sulfide) groups is 1. The number of nitrogens with zero attached hydrogens (tertiary/aromatic N) is 2. The molecule has 0 aliphatic carbocycles. The SMILES string of the molecule is O=C1N/C(=N\N=Cc2ccccc2)SC1=Cc1ccc(-c2cc(Cl)cc(Cl)c2)o1. The van der Waals surface area contributed by atoms with Crippen LogP contribution < -0.4 is 5.32 Å². The number of benzene rings is 2. The maximum Gasteiger partial charge on any atom is 0.264 e. The first-order chi connectivity index (χ1) is 14.1. The standard InChI is InChI=1S/C21H13Cl2N3O2S/c22-15-8-14(9-16(23)10-15)18-7-6-17(28-18)11-19-20(27)25-21(29-19)26-24-12-13-4-2-1-3-5-13/h1-12H,(H,25,26,27). The Hall–Kier alpha value is -2.80. The Kier molecular flexibility index (Phi) is 5.85. The molecule has 0 saturated carbocycles. The van der Waals surface area contributed by atoms with Crippen LogP contribution in [0.15, 0.2) is 80.2 Å². The van der Waals surface area contributed by atoms with Gasteiger partial charge in [0, 0.05) is 21.7 Å². The molecule has 29 heavy (non-hydrogen) atoms. The summed E-state index contributed by atoms with van der Waals surface area (Å²) in [6.45, 7) is 0. The third kappa shape index (κ3) is 4.98. The number of hydrogen-bond donors (Lipinski definition) is 1. The van der Waals surface area contributed by atoms with E-state index in [1.165, 1.54) is 11.8 Å². The summed E-state index contributed by atoms with van der Waals surface area (Å²) in [7, 11) is 0. The Morgan fingerprint density at radius 3 is 2.52 bits per heavy atom. The molecule has 1 N–H and O–H groups in total. The molecule has 1 aliphatic heterocycles. The van der Waals surface area contributed by atoms with E-state index in [1.54, 1.807) is 42.6 Å². The fourth-order valence-electron chi connectivity index (χ4n) is 2.57. The highest BCUT2D eigenvalue weighted by molar-refractivity contribution is 8.18. The molecule has 2 aromatic carbocycles. The summed E-state index contributed by atoms with van der Waals surface area (Å²) in [6.07, 6.45) is 3.27. The monoisotopic (exact) mass is 441 g/mol. The van der Waals surface area contributed by atoms with Crippen molar-refractivity contribution in [2.24, 2.45) is 10.2 Å². The molecule has 4 rings (SSSR count). The van der Waals surface area contributed by atoms with Gasteiger partial charge in [0.05, 0.1) is 11.1 Å². The van der Waals surface area contributed by atoms with Crippen LogP contribution in [-0.4, -0.2) is 17.3 Å². The zero-order valence-corrected chi connectivity index (χ0v) is 17.1. The minimum atomic E-state index is -0.257. The van der Waals surface area contributed by atoms with Gasteiger partial charge in [0.1, 0.15) is 11.5 Å².